The molecule has 1 aromatic heterocycles. The van der Waals surface area contributed by atoms with Crippen LogP contribution in [0.1, 0.15) is 25.3 Å². The number of carbonyl (C=O) groups is 1. The van der Waals surface area contributed by atoms with Crippen LogP contribution >= 0.6 is 23.6 Å². The number of ether oxygens (including phenoxy) is 2. The minimum absolute atomic E-state index is 0.0709. The number of benzene rings is 1. The molecule has 0 aliphatic carbocycles. The molecule has 0 bridgehead atoms. The highest BCUT2D eigenvalue weighted by molar-refractivity contribution is 7.80. The van der Waals surface area contributed by atoms with Crippen LogP contribution in [0.15, 0.2) is 34.7 Å². The summed E-state index contributed by atoms with van der Waals surface area (Å²) < 4.78 is 9.99. The van der Waals surface area contributed by atoms with E-state index in [1.54, 1.807) is 7.11 Å². The second kappa shape index (κ2) is 9.90. The quantitative estimate of drug-likeness (QED) is 0.313. The van der Waals surface area contributed by atoms with Gasteiger partial charge < -0.3 is 19.5 Å². The Labute approximate surface area is 185 Å². The molecule has 7 nitrogen and oxygen atoms in total. The second-order valence-electron chi connectivity index (χ2n) is 6.95. The van der Waals surface area contributed by atoms with E-state index in [1.165, 1.54) is 18.4 Å². The lowest BCUT2D eigenvalue weighted by atomic mass is 9.97. The molecule has 0 spiro atoms. The first-order valence-electron chi connectivity index (χ1n) is 9.56. The number of thiocarbonyl (C=S) groups is 1. The molecule has 1 saturated heterocycles. The molecule has 0 unspecified atom stereocenters. The zero-order valence-electron chi connectivity index (χ0n) is 17.2. The maximum atomic E-state index is 11.6. The largest absolute Gasteiger partial charge is 0.506 e. The van der Waals surface area contributed by atoms with Crippen LogP contribution in [-0.4, -0.2) is 54.1 Å². The summed E-state index contributed by atoms with van der Waals surface area (Å²) in [5.74, 6) is 0.723. The van der Waals surface area contributed by atoms with Crippen LogP contribution in [0.4, 0.5) is 0 Å². The number of carbonyl (C=O) groups excluding carboxylic acids is 1. The van der Waals surface area contributed by atoms with Crippen LogP contribution in [0.5, 0.6) is 11.5 Å². The highest BCUT2D eigenvalue weighted by Gasteiger charge is 2.26. The molecular formula is C21H25N3O4S2. The van der Waals surface area contributed by atoms with Gasteiger partial charge in [-0.1, -0.05) is 0 Å². The molecule has 160 valence electrons. The smallest absolute Gasteiger partial charge is 0.308 e. The number of nitrogens with one attached hydrogen (secondary N) is 1. The van der Waals surface area contributed by atoms with Gasteiger partial charge in [-0.3, -0.25) is 10.2 Å². The van der Waals surface area contributed by atoms with Crippen molar-refractivity contribution in [3.8, 4) is 21.9 Å². The number of esters is 1. The molecule has 1 aliphatic rings. The minimum atomic E-state index is -0.164. The van der Waals surface area contributed by atoms with Crippen LogP contribution in [0, 0.1) is 5.92 Å². The summed E-state index contributed by atoms with van der Waals surface area (Å²) in [6.07, 6.45) is 1.40. The number of hydrogen-bond donors (Lipinski definition) is 2. The number of aromatic hydroxyl groups is 1. The monoisotopic (exact) mass is 447 g/mol. The van der Waals surface area contributed by atoms with Crippen LogP contribution in [0.3, 0.4) is 0 Å². The van der Waals surface area contributed by atoms with E-state index in [2.05, 4.69) is 10.5 Å². The Kier molecular flexibility index (Phi) is 7.28. The molecule has 0 radical (unpaired) electrons. The maximum absolute atomic E-state index is 11.6. The van der Waals surface area contributed by atoms with Crippen molar-refractivity contribution >= 4 is 40.3 Å². The Balaban J connectivity index is 1.62. The molecule has 2 aromatic rings. The summed E-state index contributed by atoms with van der Waals surface area (Å²) in [5, 5.41) is 17.4. The molecule has 2 N–H and O–H groups in total. The highest BCUT2D eigenvalue weighted by atomic mass is 32.1. The second-order valence-corrected chi connectivity index (χ2v) is 8.22. The molecule has 1 aromatic carbocycles. The molecule has 2 heterocycles. The predicted octanol–water partition coefficient (Wildman–Crippen LogP) is 3.61. The molecule has 9 heteroatoms. The Morgan fingerprint density at radius 3 is 2.53 bits per heavy atom. The fourth-order valence-electron chi connectivity index (χ4n) is 3.30. The number of methoxy groups -OCH3 is 2. The zero-order valence-corrected chi connectivity index (χ0v) is 18.8. The van der Waals surface area contributed by atoms with E-state index < -0.39 is 0 Å². The third kappa shape index (κ3) is 4.91. The third-order valence-electron chi connectivity index (χ3n) is 5.14. The average molecular weight is 448 g/mol. The topological polar surface area (TPSA) is 83.4 Å². The van der Waals surface area contributed by atoms with Gasteiger partial charge in [0.05, 0.1) is 36.3 Å². The van der Waals surface area contributed by atoms with Crippen molar-refractivity contribution < 1.29 is 19.4 Å². The number of thiophene rings is 1. The van der Waals surface area contributed by atoms with E-state index in [0.717, 1.165) is 16.2 Å². The van der Waals surface area contributed by atoms with Gasteiger partial charge in [0.1, 0.15) is 11.5 Å². The van der Waals surface area contributed by atoms with Crippen molar-refractivity contribution in [2.45, 2.75) is 19.8 Å². The van der Waals surface area contributed by atoms with Crippen molar-refractivity contribution in [2.24, 2.45) is 11.0 Å². The fourth-order valence-corrected chi connectivity index (χ4v) is 4.54. The molecule has 0 amide bonds. The number of nitrogens with zero attached hydrogens (tertiary/aromatic N) is 2. The Hall–Kier alpha value is -2.65. The maximum Gasteiger partial charge on any atom is 0.308 e. The Morgan fingerprint density at radius 2 is 1.93 bits per heavy atom. The van der Waals surface area contributed by atoms with E-state index in [9.17, 15) is 9.90 Å². The molecule has 0 saturated carbocycles. The lowest BCUT2D eigenvalue weighted by molar-refractivity contribution is -0.146. The van der Waals surface area contributed by atoms with Gasteiger partial charge in [0.25, 0.3) is 0 Å². The number of rotatable bonds is 5. The average Bonchev–Trinajstić information content (AvgIpc) is 3.18. The lowest BCUT2D eigenvalue weighted by Gasteiger charge is -2.31. The van der Waals surface area contributed by atoms with Crippen molar-refractivity contribution in [3.63, 3.8) is 0 Å². The van der Waals surface area contributed by atoms with Gasteiger partial charge in [-0.15, -0.1) is 11.3 Å². The predicted molar refractivity (Wildman–Crippen MR) is 122 cm³/mol. The van der Waals surface area contributed by atoms with E-state index in [4.69, 9.17) is 21.7 Å². The van der Waals surface area contributed by atoms with E-state index in [0.29, 0.717) is 42.3 Å². The SMILES string of the molecule is COC(=O)C1CCN(C(=S)N/N=C(\C)c2csc(-c3ccc(OC)cc3)c2O)CC1. The molecule has 1 fully saturated rings. The van der Waals surface area contributed by atoms with Crippen molar-refractivity contribution in [1.29, 1.82) is 0 Å². The summed E-state index contributed by atoms with van der Waals surface area (Å²) in [7, 11) is 3.03. The van der Waals surface area contributed by atoms with Crippen molar-refractivity contribution in [1.82, 2.24) is 10.3 Å². The minimum Gasteiger partial charge on any atom is -0.506 e. The summed E-state index contributed by atoms with van der Waals surface area (Å²) in [5.41, 5.74) is 5.11. The zero-order chi connectivity index (χ0) is 21.7. The summed E-state index contributed by atoms with van der Waals surface area (Å²) in [6.45, 7) is 3.16. The van der Waals surface area contributed by atoms with Gasteiger partial charge in [0.15, 0.2) is 5.11 Å². The first kappa shape index (κ1) is 22.0. The fraction of sp³-hybridized carbons (Fsp3) is 0.381. The van der Waals surface area contributed by atoms with Gasteiger partial charge in [0, 0.05) is 18.5 Å². The number of likely N-dealkylation sites (tertiary alicyclic amines) is 1. The number of piperidine rings is 1. The van der Waals surface area contributed by atoms with E-state index in [-0.39, 0.29) is 17.6 Å². The third-order valence-corrected chi connectivity index (χ3v) is 6.51. The van der Waals surface area contributed by atoms with Gasteiger partial charge in [-0.25, -0.2) is 0 Å². The Morgan fingerprint density at radius 1 is 1.27 bits per heavy atom. The summed E-state index contributed by atoms with van der Waals surface area (Å²) in [6, 6.07) is 7.54. The highest BCUT2D eigenvalue weighted by Crippen LogP contribution is 2.39. The first-order chi connectivity index (χ1) is 14.4. The van der Waals surface area contributed by atoms with E-state index >= 15 is 0 Å². The van der Waals surface area contributed by atoms with E-state index in [1.807, 2.05) is 41.5 Å². The molecular weight excluding hydrogens is 422 g/mol. The normalized spacial score (nSPS) is 15.0. The molecule has 1 aliphatic heterocycles. The van der Waals surface area contributed by atoms with Crippen LogP contribution < -0.4 is 10.2 Å². The molecule has 30 heavy (non-hydrogen) atoms. The van der Waals surface area contributed by atoms with Gasteiger partial charge >= 0.3 is 5.97 Å². The van der Waals surface area contributed by atoms with Crippen LogP contribution in [0.25, 0.3) is 10.4 Å². The van der Waals surface area contributed by atoms with Crippen LogP contribution in [-0.2, 0) is 9.53 Å². The lowest BCUT2D eigenvalue weighted by Crippen LogP contribution is -2.44. The van der Waals surface area contributed by atoms with Gasteiger partial charge in [-0.2, -0.15) is 5.10 Å². The number of hydrogen-bond acceptors (Lipinski definition) is 7. The van der Waals surface area contributed by atoms with Crippen molar-refractivity contribution in [2.75, 3.05) is 27.3 Å². The Bertz CT molecular complexity index is 932. The first-order valence-corrected chi connectivity index (χ1v) is 10.9. The number of hydrazone groups is 1. The van der Waals surface area contributed by atoms with Gasteiger partial charge in [0.2, 0.25) is 0 Å². The summed E-state index contributed by atoms with van der Waals surface area (Å²) in [4.78, 5) is 14.4. The summed E-state index contributed by atoms with van der Waals surface area (Å²) >= 11 is 6.89. The van der Waals surface area contributed by atoms with Crippen molar-refractivity contribution in [3.05, 3.63) is 35.2 Å². The van der Waals surface area contributed by atoms with Crippen LogP contribution in [0.2, 0.25) is 0 Å². The molecule has 0 atom stereocenters. The molecule has 3 rings (SSSR count). The van der Waals surface area contributed by atoms with Gasteiger partial charge in [-0.05, 0) is 61.8 Å². The standard InChI is InChI=1S/C21H25N3O4S2/c1-13(22-23-21(29)24-10-8-15(9-11-24)20(26)28-3)17-12-30-19(18(17)25)14-4-6-16(27-2)7-5-14/h4-7,12,15,25H,8-11H2,1-3H3,(H,23,29)/b22-13+.